The molecule has 0 spiro atoms. The van der Waals surface area contributed by atoms with Crippen molar-refractivity contribution in [2.24, 2.45) is 13.0 Å². The van der Waals surface area contributed by atoms with E-state index in [4.69, 9.17) is 0 Å². The molecule has 2 aliphatic rings. The zero-order valence-corrected chi connectivity index (χ0v) is 15.5. The van der Waals surface area contributed by atoms with Gasteiger partial charge in [-0.1, -0.05) is 12.1 Å². The number of pyridine rings is 1. The van der Waals surface area contributed by atoms with Crippen LogP contribution in [-0.2, 0) is 13.6 Å². The van der Waals surface area contributed by atoms with Gasteiger partial charge in [0, 0.05) is 37.3 Å². The molecule has 6 heteroatoms. The zero-order chi connectivity index (χ0) is 19.3. The lowest BCUT2D eigenvalue weighted by Crippen LogP contribution is -2.30. The van der Waals surface area contributed by atoms with Gasteiger partial charge in [-0.3, -0.25) is 14.5 Å². The monoisotopic (exact) mass is 374 g/mol. The second kappa shape index (κ2) is 6.41. The van der Waals surface area contributed by atoms with E-state index in [1.54, 1.807) is 34.0 Å². The van der Waals surface area contributed by atoms with Crippen molar-refractivity contribution < 1.29 is 9.18 Å². The Morgan fingerprint density at radius 2 is 2.18 bits per heavy atom. The van der Waals surface area contributed by atoms with Gasteiger partial charge in [0.05, 0.1) is 23.3 Å². The molecule has 0 radical (unpaired) electrons. The van der Waals surface area contributed by atoms with Crippen molar-refractivity contribution in [2.75, 3.05) is 6.54 Å². The topological polar surface area (TPSA) is 51.0 Å². The van der Waals surface area contributed by atoms with E-state index in [0.717, 1.165) is 27.7 Å². The first kappa shape index (κ1) is 16.9. The highest BCUT2D eigenvalue weighted by Crippen LogP contribution is 2.33. The van der Waals surface area contributed by atoms with Crippen LogP contribution < -0.4 is 0 Å². The minimum Gasteiger partial charge on any atom is -0.332 e. The highest BCUT2D eigenvalue weighted by Gasteiger charge is 2.31. The highest BCUT2D eigenvalue weighted by atomic mass is 19.1. The molecule has 1 atom stereocenters. The van der Waals surface area contributed by atoms with Crippen molar-refractivity contribution in [3.8, 4) is 0 Å². The number of carbonyl (C=O) groups is 1. The third kappa shape index (κ3) is 2.81. The molecule has 0 N–H and O–H groups in total. The Bertz CT molecular complexity index is 1160. The summed E-state index contributed by atoms with van der Waals surface area (Å²) in [5.74, 6) is -0.558. The molecular weight excluding hydrogens is 355 g/mol. The van der Waals surface area contributed by atoms with Gasteiger partial charge >= 0.3 is 0 Å². The summed E-state index contributed by atoms with van der Waals surface area (Å²) >= 11 is 0. The molecule has 5 rings (SSSR count). The van der Waals surface area contributed by atoms with Gasteiger partial charge in [0.25, 0.3) is 5.91 Å². The van der Waals surface area contributed by atoms with Crippen LogP contribution in [0.25, 0.3) is 16.5 Å². The average Bonchev–Trinajstić information content (AvgIpc) is 3.22. The Kier molecular flexibility index (Phi) is 3.86. The average molecular weight is 374 g/mol. The lowest BCUT2D eigenvalue weighted by molar-refractivity contribution is 0.0755. The second-order valence-corrected chi connectivity index (χ2v) is 7.38. The smallest absolute Gasteiger partial charge is 0.256 e. The Hall–Kier alpha value is -3.28. The van der Waals surface area contributed by atoms with Crippen molar-refractivity contribution in [2.45, 2.75) is 13.0 Å². The minimum atomic E-state index is -0.316. The fraction of sp³-hybridized carbons (Fsp3) is 0.227. The van der Waals surface area contributed by atoms with E-state index < -0.39 is 0 Å². The number of fused-ring (bicyclic) bond motifs is 2. The Balaban J connectivity index is 1.33. The molecule has 140 valence electrons. The largest absolute Gasteiger partial charge is 0.332 e. The van der Waals surface area contributed by atoms with Gasteiger partial charge in [0.2, 0.25) is 0 Å². The number of carbonyl (C=O) groups excluding carboxylic acids is 1. The van der Waals surface area contributed by atoms with Crippen LogP contribution in [0, 0.1) is 5.92 Å². The summed E-state index contributed by atoms with van der Waals surface area (Å²) in [6, 6.07) is 9.50. The van der Waals surface area contributed by atoms with E-state index in [1.807, 2.05) is 31.4 Å². The predicted octanol–water partition coefficient (Wildman–Crippen LogP) is 3.88. The van der Waals surface area contributed by atoms with Crippen molar-refractivity contribution in [3.05, 3.63) is 77.5 Å². The van der Waals surface area contributed by atoms with Gasteiger partial charge in [-0.15, -0.1) is 0 Å². The third-order valence-electron chi connectivity index (χ3n) is 5.45. The van der Waals surface area contributed by atoms with E-state index in [-0.39, 0.29) is 17.7 Å². The molecule has 0 fully saturated rings. The Morgan fingerprint density at radius 3 is 3.00 bits per heavy atom. The molecule has 1 aliphatic carbocycles. The molecule has 1 unspecified atom stereocenters. The highest BCUT2D eigenvalue weighted by molar-refractivity contribution is 5.97. The number of amides is 1. The van der Waals surface area contributed by atoms with Crippen LogP contribution in [0.15, 0.2) is 60.7 Å². The molecule has 5 nitrogen and oxygen atoms in total. The lowest BCUT2D eigenvalue weighted by Gasteiger charge is -2.24. The van der Waals surface area contributed by atoms with Gasteiger partial charge in [-0.05, 0) is 47.9 Å². The minimum absolute atomic E-state index is 0.0623. The molecule has 1 aromatic carbocycles. The van der Waals surface area contributed by atoms with Gasteiger partial charge in [-0.25, -0.2) is 4.39 Å². The van der Waals surface area contributed by atoms with Crippen LogP contribution in [0.1, 0.15) is 28.0 Å². The van der Waals surface area contributed by atoms with Gasteiger partial charge in [-0.2, -0.15) is 5.10 Å². The first-order chi connectivity index (χ1) is 13.6. The van der Waals surface area contributed by atoms with Crippen LogP contribution in [0.4, 0.5) is 4.39 Å². The van der Waals surface area contributed by atoms with Crippen molar-refractivity contribution in [1.29, 1.82) is 0 Å². The van der Waals surface area contributed by atoms with E-state index in [1.165, 1.54) is 0 Å². The lowest BCUT2D eigenvalue weighted by atomic mass is 9.91. The zero-order valence-electron chi connectivity index (χ0n) is 15.5. The summed E-state index contributed by atoms with van der Waals surface area (Å²) in [6.07, 6.45) is 7.85. The summed E-state index contributed by atoms with van der Waals surface area (Å²) in [5, 5.41) is 5.41. The number of benzene rings is 1. The molecule has 28 heavy (non-hydrogen) atoms. The molecule has 0 bridgehead atoms. The molecule has 3 heterocycles. The standard InChI is InChI=1S/C22H19FN4O/c1-26-11-17-9-14(6-7-20(17)25-26)15-4-5-16(19(23)10-15)12-27-13-21-18(22(27)28)3-2-8-24-21/h2-4,6-11,16H,5,12-13H2,1H3. The van der Waals surface area contributed by atoms with Crippen molar-refractivity contribution in [3.63, 3.8) is 0 Å². The Morgan fingerprint density at radius 1 is 1.29 bits per heavy atom. The number of aryl methyl sites for hydroxylation is 1. The Labute approximate surface area is 161 Å². The van der Waals surface area contributed by atoms with E-state index in [9.17, 15) is 9.18 Å². The molecule has 1 amide bonds. The summed E-state index contributed by atoms with van der Waals surface area (Å²) in [5.41, 5.74) is 4.17. The molecule has 1 aliphatic heterocycles. The molecule has 3 aromatic rings. The summed E-state index contributed by atoms with van der Waals surface area (Å²) < 4.78 is 16.6. The fourth-order valence-corrected chi connectivity index (χ4v) is 3.99. The van der Waals surface area contributed by atoms with Gasteiger partial charge in [0.15, 0.2) is 0 Å². The maximum absolute atomic E-state index is 14.9. The SMILES string of the molecule is Cn1cc2cc(C3=CCC(CN4Cc5ncccc5C4=O)C(F)=C3)ccc2n1. The van der Waals surface area contributed by atoms with E-state index in [2.05, 4.69) is 16.2 Å². The number of aromatic nitrogens is 3. The van der Waals surface area contributed by atoms with Crippen LogP contribution in [-0.4, -0.2) is 32.1 Å². The summed E-state index contributed by atoms with van der Waals surface area (Å²) in [6.45, 7) is 0.815. The van der Waals surface area contributed by atoms with Crippen LogP contribution in [0.3, 0.4) is 0 Å². The number of hydrogen-bond acceptors (Lipinski definition) is 3. The van der Waals surface area contributed by atoms with Crippen LogP contribution >= 0.6 is 0 Å². The van der Waals surface area contributed by atoms with Gasteiger partial charge < -0.3 is 4.90 Å². The summed E-state index contributed by atoms with van der Waals surface area (Å²) in [7, 11) is 1.89. The first-order valence-electron chi connectivity index (χ1n) is 9.33. The third-order valence-corrected chi connectivity index (χ3v) is 5.45. The predicted molar refractivity (Wildman–Crippen MR) is 105 cm³/mol. The first-order valence-corrected chi connectivity index (χ1v) is 9.33. The fourth-order valence-electron chi connectivity index (χ4n) is 3.99. The van der Waals surface area contributed by atoms with E-state index in [0.29, 0.717) is 25.1 Å². The summed E-state index contributed by atoms with van der Waals surface area (Å²) in [4.78, 5) is 18.5. The van der Waals surface area contributed by atoms with Crippen LogP contribution in [0.2, 0.25) is 0 Å². The number of halogens is 1. The quantitative estimate of drug-likeness (QED) is 0.699. The molecule has 0 saturated heterocycles. The number of hydrogen-bond donors (Lipinski definition) is 0. The number of allylic oxidation sites excluding steroid dienone is 3. The normalized spacial score (nSPS) is 19.0. The van der Waals surface area contributed by atoms with Crippen molar-refractivity contribution >= 4 is 22.4 Å². The van der Waals surface area contributed by atoms with Gasteiger partial charge in [0.1, 0.15) is 5.83 Å². The number of nitrogens with zero attached hydrogens (tertiary/aromatic N) is 4. The maximum atomic E-state index is 14.9. The molecular formula is C22H19FN4O. The molecule has 0 saturated carbocycles. The second-order valence-electron chi connectivity index (χ2n) is 7.38. The maximum Gasteiger partial charge on any atom is 0.256 e. The van der Waals surface area contributed by atoms with Crippen LogP contribution in [0.5, 0.6) is 0 Å². The van der Waals surface area contributed by atoms with Crippen molar-refractivity contribution in [1.82, 2.24) is 19.7 Å². The number of rotatable bonds is 3. The van der Waals surface area contributed by atoms with E-state index >= 15 is 0 Å². The molecule has 2 aromatic heterocycles.